The number of nitrogens with zero attached hydrogens (tertiary/aromatic N) is 2. The van der Waals surface area contributed by atoms with Gasteiger partial charge >= 0.3 is 0 Å². The summed E-state index contributed by atoms with van der Waals surface area (Å²) < 4.78 is 11.1. The minimum absolute atomic E-state index is 0.947. The highest BCUT2D eigenvalue weighted by Crippen LogP contribution is 2.44. The van der Waals surface area contributed by atoms with E-state index in [-0.39, 0.29) is 0 Å². The quantitative estimate of drug-likeness (QED) is 0.262. The molecule has 32 heavy (non-hydrogen) atoms. The normalized spacial score (nSPS) is 12.1. The number of pyridine rings is 1. The van der Waals surface area contributed by atoms with Crippen LogP contribution in [0.15, 0.2) is 59.1 Å². The third kappa shape index (κ3) is 2.39. The van der Waals surface area contributed by atoms with Crippen LogP contribution in [0, 0.1) is 34.6 Å². The molecule has 3 heteroatoms. The van der Waals surface area contributed by atoms with Crippen molar-refractivity contribution >= 4 is 43.7 Å². The molecule has 3 heterocycles. The van der Waals surface area contributed by atoms with Crippen molar-refractivity contribution in [3.63, 3.8) is 0 Å². The van der Waals surface area contributed by atoms with Crippen molar-refractivity contribution in [2.45, 2.75) is 34.6 Å². The molecule has 0 radical (unpaired) electrons. The van der Waals surface area contributed by atoms with Crippen LogP contribution in [0.25, 0.3) is 49.6 Å². The molecule has 0 N–H and O–H groups in total. The first-order chi connectivity index (χ1) is 15.4. The summed E-state index contributed by atoms with van der Waals surface area (Å²) in [5.74, 6) is 1.17. The Bertz CT molecular complexity index is 1730. The molecular formula is C29H27N2O+. The Morgan fingerprint density at radius 3 is 2.38 bits per heavy atom. The summed E-state index contributed by atoms with van der Waals surface area (Å²) in [6.45, 7) is 11.0. The molecule has 158 valence electrons. The lowest BCUT2D eigenvalue weighted by Gasteiger charge is -2.09. The van der Waals surface area contributed by atoms with Crippen molar-refractivity contribution < 1.29 is 8.98 Å². The lowest BCUT2D eigenvalue weighted by atomic mass is 9.98. The highest BCUT2D eigenvalue weighted by molar-refractivity contribution is 6.28. The van der Waals surface area contributed by atoms with Gasteiger partial charge in [0.15, 0.2) is 0 Å². The average Bonchev–Trinajstić information content (AvgIpc) is 3.30. The molecule has 0 aliphatic carbocycles. The number of para-hydroxylation sites is 1. The maximum absolute atomic E-state index is 6.41. The van der Waals surface area contributed by atoms with E-state index in [1.54, 1.807) is 0 Å². The van der Waals surface area contributed by atoms with Crippen molar-refractivity contribution in [3.8, 4) is 5.82 Å². The van der Waals surface area contributed by atoms with Crippen LogP contribution in [0.2, 0.25) is 0 Å². The SMILES string of the molecule is Cc1ccc2c(c1)c1c3c(oc4ccccc43)c(C)c(C)c1n2-c1cc(C)c(C)c[n+]1C. The summed E-state index contributed by atoms with van der Waals surface area (Å²) in [6, 6.07) is 17.5. The van der Waals surface area contributed by atoms with Crippen LogP contribution in [0.1, 0.15) is 27.8 Å². The molecule has 3 aromatic heterocycles. The van der Waals surface area contributed by atoms with Crippen LogP contribution in [-0.4, -0.2) is 4.57 Å². The molecule has 0 aliphatic rings. The van der Waals surface area contributed by atoms with Crippen molar-refractivity contribution in [1.82, 2.24) is 4.57 Å². The van der Waals surface area contributed by atoms with E-state index in [4.69, 9.17) is 4.42 Å². The first-order valence-corrected chi connectivity index (χ1v) is 11.2. The number of aryl methyl sites for hydroxylation is 6. The minimum Gasteiger partial charge on any atom is -0.456 e. The lowest BCUT2D eigenvalue weighted by molar-refractivity contribution is -0.665. The molecule has 3 nitrogen and oxygen atoms in total. The summed E-state index contributed by atoms with van der Waals surface area (Å²) in [5.41, 5.74) is 10.8. The number of hydrogen-bond acceptors (Lipinski definition) is 1. The Labute approximate surface area is 187 Å². The molecule has 0 saturated carbocycles. The van der Waals surface area contributed by atoms with Crippen LogP contribution in [0.5, 0.6) is 0 Å². The first-order valence-electron chi connectivity index (χ1n) is 11.2. The molecule has 0 fully saturated rings. The van der Waals surface area contributed by atoms with E-state index in [1.807, 2.05) is 6.07 Å². The second-order valence-electron chi connectivity index (χ2n) is 9.24. The Morgan fingerprint density at radius 1 is 0.781 bits per heavy atom. The molecule has 0 bridgehead atoms. The van der Waals surface area contributed by atoms with E-state index < -0.39 is 0 Å². The number of furan rings is 1. The molecule has 0 unspecified atom stereocenters. The van der Waals surface area contributed by atoms with Gasteiger partial charge in [-0.15, -0.1) is 0 Å². The van der Waals surface area contributed by atoms with Gasteiger partial charge in [-0.1, -0.05) is 29.8 Å². The van der Waals surface area contributed by atoms with E-state index in [2.05, 4.69) is 99.5 Å². The van der Waals surface area contributed by atoms with Crippen molar-refractivity contribution in [3.05, 3.63) is 82.5 Å². The Hall–Kier alpha value is -3.59. The molecular weight excluding hydrogens is 392 g/mol. The monoisotopic (exact) mass is 419 g/mol. The summed E-state index contributed by atoms with van der Waals surface area (Å²) in [6.07, 6.45) is 2.23. The third-order valence-electron chi connectivity index (χ3n) is 7.17. The van der Waals surface area contributed by atoms with Gasteiger partial charge in [0.1, 0.15) is 22.2 Å². The van der Waals surface area contributed by atoms with Crippen LogP contribution in [0.4, 0.5) is 0 Å². The minimum atomic E-state index is 0.947. The highest BCUT2D eigenvalue weighted by Gasteiger charge is 2.28. The second-order valence-corrected chi connectivity index (χ2v) is 9.24. The Balaban J connectivity index is 1.96. The van der Waals surface area contributed by atoms with Gasteiger partial charge in [-0.05, 0) is 69.5 Å². The van der Waals surface area contributed by atoms with E-state index in [0.717, 1.165) is 11.2 Å². The largest absolute Gasteiger partial charge is 0.456 e. The van der Waals surface area contributed by atoms with Crippen molar-refractivity contribution in [2.75, 3.05) is 0 Å². The molecule has 0 atom stereocenters. The maximum Gasteiger partial charge on any atom is 0.286 e. The van der Waals surface area contributed by atoms with Gasteiger partial charge in [-0.2, -0.15) is 4.57 Å². The molecule has 0 aliphatic heterocycles. The van der Waals surface area contributed by atoms with Crippen LogP contribution in [-0.2, 0) is 7.05 Å². The Morgan fingerprint density at radius 2 is 1.56 bits per heavy atom. The highest BCUT2D eigenvalue weighted by atomic mass is 16.3. The predicted octanol–water partition coefficient (Wildman–Crippen LogP) is 7.05. The number of aromatic nitrogens is 2. The number of rotatable bonds is 1. The van der Waals surface area contributed by atoms with Crippen molar-refractivity contribution in [2.24, 2.45) is 7.05 Å². The molecule has 6 rings (SSSR count). The molecule has 0 amide bonds. The lowest BCUT2D eigenvalue weighted by Crippen LogP contribution is -2.34. The molecule has 0 spiro atoms. The zero-order chi connectivity index (χ0) is 22.3. The predicted molar refractivity (Wildman–Crippen MR) is 133 cm³/mol. The second kappa shape index (κ2) is 6.46. The van der Waals surface area contributed by atoms with Crippen LogP contribution < -0.4 is 4.57 Å². The number of benzene rings is 3. The van der Waals surface area contributed by atoms with Crippen LogP contribution in [0.3, 0.4) is 0 Å². The van der Waals surface area contributed by atoms with E-state index in [1.165, 1.54) is 66.2 Å². The van der Waals surface area contributed by atoms with E-state index >= 15 is 0 Å². The van der Waals surface area contributed by atoms with E-state index in [9.17, 15) is 0 Å². The maximum atomic E-state index is 6.41. The summed E-state index contributed by atoms with van der Waals surface area (Å²) in [4.78, 5) is 0. The van der Waals surface area contributed by atoms with Crippen molar-refractivity contribution in [1.29, 1.82) is 0 Å². The number of hydrogen-bond donors (Lipinski definition) is 0. The molecule has 0 saturated heterocycles. The van der Waals surface area contributed by atoms with Gasteiger partial charge in [-0.3, -0.25) is 0 Å². The topological polar surface area (TPSA) is 21.9 Å². The zero-order valence-electron chi connectivity index (χ0n) is 19.5. The molecule has 6 aromatic rings. The standard InChI is InChI=1S/C29H27N2O/c1-16-11-12-23-22(13-16)26-27-21-9-7-8-10-24(21)32-29(27)20(5)19(4)28(26)31(23)25-14-17(2)18(3)15-30(25)6/h7-15H,1-6H3/q+1. The summed E-state index contributed by atoms with van der Waals surface area (Å²) in [5, 5.41) is 4.96. The number of fused-ring (bicyclic) bond motifs is 7. The fourth-order valence-corrected chi connectivity index (χ4v) is 5.25. The van der Waals surface area contributed by atoms with Crippen LogP contribution >= 0.6 is 0 Å². The summed E-state index contributed by atoms with van der Waals surface area (Å²) >= 11 is 0. The fraction of sp³-hybridized carbons (Fsp3) is 0.207. The molecule has 3 aromatic carbocycles. The zero-order valence-corrected chi connectivity index (χ0v) is 19.5. The van der Waals surface area contributed by atoms with Gasteiger partial charge in [0.25, 0.3) is 5.82 Å². The third-order valence-corrected chi connectivity index (χ3v) is 7.17. The summed E-state index contributed by atoms with van der Waals surface area (Å²) in [7, 11) is 2.14. The van der Waals surface area contributed by atoms with Gasteiger partial charge in [0.2, 0.25) is 0 Å². The first kappa shape index (κ1) is 19.1. The van der Waals surface area contributed by atoms with Gasteiger partial charge < -0.3 is 4.42 Å². The van der Waals surface area contributed by atoms with Gasteiger partial charge in [0.05, 0.1) is 13.2 Å². The van der Waals surface area contributed by atoms with E-state index in [0.29, 0.717) is 0 Å². The smallest absolute Gasteiger partial charge is 0.286 e. The van der Waals surface area contributed by atoms with Gasteiger partial charge in [-0.25, -0.2) is 4.57 Å². The average molecular weight is 420 g/mol. The fourth-order valence-electron chi connectivity index (χ4n) is 5.25. The van der Waals surface area contributed by atoms with Gasteiger partial charge in [0, 0.05) is 33.2 Å². The Kier molecular flexibility index (Phi) is 3.86.